The number of aliphatic hydroxyl groups is 1. The van der Waals surface area contributed by atoms with E-state index >= 15 is 0 Å². The number of aliphatic hydroxyl groups excluding tert-OH is 1. The van der Waals surface area contributed by atoms with Gasteiger partial charge in [0.25, 0.3) is 0 Å². The van der Waals surface area contributed by atoms with Crippen molar-refractivity contribution >= 4 is 16.7 Å². The summed E-state index contributed by atoms with van der Waals surface area (Å²) >= 11 is 0. The van der Waals surface area contributed by atoms with E-state index in [1.54, 1.807) is 13.1 Å². The predicted octanol–water partition coefficient (Wildman–Crippen LogP) is 2.42. The highest BCUT2D eigenvalue weighted by Crippen LogP contribution is 2.29. The minimum atomic E-state index is -0.296. The molecule has 0 spiro atoms. The van der Waals surface area contributed by atoms with Crippen molar-refractivity contribution in [2.45, 2.75) is 40.2 Å². The second-order valence-electron chi connectivity index (χ2n) is 4.73. The number of hydrogen-bond donors (Lipinski definition) is 1. The Balaban J connectivity index is 2.81. The largest absolute Gasteiger partial charge is 0.462 e. The molecule has 0 saturated carbocycles. The number of esters is 1. The number of hydrogen-bond acceptors (Lipinski definition) is 5. The lowest BCUT2D eigenvalue weighted by Gasteiger charge is -2.16. The molecule has 1 N–H and O–H groups in total. The van der Waals surface area contributed by atoms with Crippen LogP contribution >= 0.6 is 0 Å². The van der Waals surface area contributed by atoms with Gasteiger partial charge in [0.05, 0.1) is 30.7 Å². The Morgan fingerprint density at radius 1 is 1.24 bits per heavy atom. The topological polar surface area (TPSA) is 72.3 Å². The summed E-state index contributed by atoms with van der Waals surface area (Å²) < 4.78 is 5.19. The molecule has 2 rings (SSSR count). The van der Waals surface area contributed by atoms with Crippen LogP contribution in [0.2, 0.25) is 0 Å². The fourth-order valence-electron chi connectivity index (χ4n) is 2.63. The standard InChI is InChI=1S/C16H20N2O3/c1-4-10-7-12-13(8-17-18-14(12)9-19)11(5-2)15(10)16(20)21-6-3/h7-8,19H,4-6,9H2,1-3H3. The molecular formula is C16H20N2O3. The lowest BCUT2D eigenvalue weighted by molar-refractivity contribution is 0.0524. The van der Waals surface area contributed by atoms with Gasteiger partial charge < -0.3 is 9.84 Å². The molecule has 2 aromatic rings. The monoisotopic (exact) mass is 288 g/mol. The fourth-order valence-corrected chi connectivity index (χ4v) is 2.63. The summed E-state index contributed by atoms with van der Waals surface area (Å²) in [5.41, 5.74) is 2.99. The van der Waals surface area contributed by atoms with Gasteiger partial charge in [-0.2, -0.15) is 10.2 Å². The van der Waals surface area contributed by atoms with Crippen molar-refractivity contribution in [2.24, 2.45) is 0 Å². The Morgan fingerprint density at radius 3 is 2.57 bits per heavy atom. The maximum Gasteiger partial charge on any atom is 0.338 e. The van der Waals surface area contributed by atoms with Gasteiger partial charge in [-0.05, 0) is 37.0 Å². The molecule has 1 aromatic heterocycles. The maximum absolute atomic E-state index is 12.3. The number of carbonyl (C=O) groups is 1. The van der Waals surface area contributed by atoms with Gasteiger partial charge in [0.2, 0.25) is 0 Å². The molecule has 5 nitrogen and oxygen atoms in total. The lowest BCUT2D eigenvalue weighted by atomic mass is 9.92. The van der Waals surface area contributed by atoms with Gasteiger partial charge in [-0.15, -0.1) is 0 Å². The quantitative estimate of drug-likeness (QED) is 0.855. The van der Waals surface area contributed by atoms with Crippen molar-refractivity contribution in [1.29, 1.82) is 0 Å². The fraction of sp³-hybridized carbons (Fsp3) is 0.438. The molecular weight excluding hydrogens is 268 g/mol. The lowest BCUT2D eigenvalue weighted by Crippen LogP contribution is -2.12. The predicted molar refractivity (Wildman–Crippen MR) is 80.2 cm³/mol. The third-order valence-corrected chi connectivity index (χ3v) is 3.60. The Hall–Kier alpha value is -2.01. The highest BCUT2D eigenvalue weighted by atomic mass is 16.5. The average molecular weight is 288 g/mol. The van der Waals surface area contributed by atoms with Crippen molar-refractivity contribution in [3.05, 3.63) is 34.6 Å². The zero-order valence-corrected chi connectivity index (χ0v) is 12.6. The zero-order chi connectivity index (χ0) is 15.4. The number of aromatic nitrogens is 2. The summed E-state index contributed by atoms with van der Waals surface area (Å²) in [7, 11) is 0. The number of ether oxygens (including phenoxy) is 1. The number of carbonyl (C=O) groups excluding carboxylic acids is 1. The number of fused-ring (bicyclic) bond motifs is 1. The normalized spacial score (nSPS) is 10.9. The molecule has 0 aliphatic carbocycles. The van der Waals surface area contributed by atoms with Crippen LogP contribution in [0.25, 0.3) is 10.8 Å². The summed E-state index contributed by atoms with van der Waals surface area (Å²) in [5.74, 6) is -0.296. The first-order valence-electron chi connectivity index (χ1n) is 7.24. The van der Waals surface area contributed by atoms with Crippen LogP contribution in [0.15, 0.2) is 12.3 Å². The van der Waals surface area contributed by atoms with Crippen LogP contribution in [0.5, 0.6) is 0 Å². The van der Waals surface area contributed by atoms with Gasteiger partial charge >= 0.3 is 5.97 Å². The van der Waals surface area contributed by atoms with Gasteiger partial charge in [-0.3, -0.25) is 0 Å². The Kier molecular flexibility index (Phi) is 4.85. The third-order valence-electron chi connectivity index (χ3n) is 3.60. The van der Waals surface area contributed by atoms with E-state index in [1.807, 2.05) is 19.9 Å². The first kappa shape index (κ1) is 15.4. The maximum atomic E-state index is 12.3. The van der Waals surface area contributed by atoms with E-state index in [1.165, 1.54) is 0 Å². The molecule has 5 heteroatoms. The Labute approximate surface area is 124 Å². The van der Waals surface area contributed by atoms with Crippen LogP contribution in [0.1, 0.15) is 48.0 Å². The van der Waals surface area contributed by atoms with Crippen LogP contribution in [0, 0.1) is 0 Å². The van der Waals surface area contributed by atoms with Gasteiger partial charge in [-0.25, -0.2) is 4.79 Å². The molecule has 0 saturated heterocycles. The molecule has 112 valence electrons. The van der Waals surface area contributed by atoms with Gasteiger partial charge in [-0.1, -0.05) is 13.8 Å². The van der Waals surface area contributed by atoms with Crippen molar-refractivity contribution in [3.63, 3.8) is 0 Å². The molecule has 0 bridgehead atoms. The number of benzene rings is 1. The molecule has 0 unspecified atom stereocenters. The van der Waals surface area contributed by atoms with Crippen molar-refractivity contribution < 1.29 is 14.6 Å². The minimum Gasteiger partial charge on any atom is -0.462 e. The van der Waals surface area contributed by atoms with E-state index in [9.17, 15) is 9.90 Å². The van der Waals surface area contributed by atoms with Crippen molar-refractivity contribution in [2.75, 3.05) is 6.61 Å². The molecule has 0 aliphatic heterocycles. The van der Waals surface area contributed by atoms with Crippen molar-refractivity contribution in [1.82, 2.24) is 10.2 Å². The van der Waals surface area contributed by atoms with Crippen LogP contribution in [-0.4, -0.2) is 27.9 Å². The molecule has 1 aromatic carbocycles. The highest BCUT2D eigenvalue weighted by molar-refractivity contribution is 6.00. The van der Waals surface area contributed by atoms with E-state index < -0.39 is 0 Å². The Bertz CT molecular complexity index is 668. The van der Waals surface area contributed by atoms with E-state index in [2.05, 4.69) is 10.2 Å². The molecule has 0 aliphatic rings. The second kappa shape index (κ2) is 6.63. The number of rotatable bonds is 5. The zero-order valence-electron chi connectivity index (χ0n) is 12.6. The summed E-state index contributed by atoms with van der Waals surface area (Å²) in [5, 5.41) is 19.0. The SMILES string of the molecule is CCOC(=O)c1c(CC)cc2c(CO)nncc2c1CC. The number of aryl methyl sites for hydroxylation is 2. The molecule has 0 radical (unpaired) electrons. The van der Waals surface area contributed by atoms with Crippen LogP contribution in [0.3, 0.4) is 0 Å². The number of nitrogens with zero attached hydrogens (tertiary/aromatic N) is 2. The summed E-state index contributed by atoms with van der Waals surface area (Å²) in [6.07, 6.45) is 3.05. The average Bonchev–Trinajstić information content (AvgIpc) is 2.52. The molecule has 1 heterocycles. The van der Waals surface area contributed by atoms with Crippen molar-refractivity contribution in [3.8, 4) is 0 Å². The van der Waals surface area contributed by atoms with Crippen LogP contribution in [0.4, 0.5) is 0 Å². The molecule has 0 amide bonds. The smallest absolute Gasteiger partial charge is 0.338 e. The second-order valence-corrected chi connectivity index (χ2v) is 4.73. The van der Waals surface area contributed by atoms with E-state index in [0.29, 0.717) is 30.7 Å². The van der Waals surface area contributed by atoms with Crippen LogP contribution in [-0.2, 0) is 24.2 Å². The molecule has 21 heavy (non-hydrogen) atoms. The van der Waals surface area contributed by atoms with Gasteiger partial charge in [0, 0.05) is 10.8 Å². The summed E-state index contributed by atoms with van der Waals surface area (Å²) in [6, 6.07) is 1.92. The van der Waals surface area contributed by atoms with Crippen LogP contribution < -0.4 is 0 Å². The van der Waals surface area contributed by atoms with E-state index in [-0.39, 0.29) is 12.6 Å². The minimum absolute atomic E-state index is 0.171. The first-order chi connectivity index (χ1) is 10.2. The Morgan fingerprint density at radius 2 is 2.00 bits per heavy atom. The molecule has 0 atom stereocenters. The van der Waals surface area contributed by atoms with E-state index in [0.717, 1.165) is 21.9 Å². The molecule has 0 fully saturated rings. The first-order valence-corrected chi connectivity index (χ1v) is 7.24. The van der Waals surface area contributed by atoms with Gasteiger partial charge in [0.15, 0.2) is 0 Å². The van der Waals surface area contributed by atoms with Gasteiger partial charge in [0.1, 0.15) is 0 Å². The highest BCUT2D eigenvalue weighted by Gasteiger charge is 2.20. The summed E-state index contributed by atoms with van der Waals surface area (Å²) in [4.78, 5) is 12.3. The third kappa shape index (κ3) is 2.74. The van der Waals surface area contributed by atoms with E-state index in [4.69, 9.17) is 4.74 Å². The summed E-state index contributed by atoms with van der Waals surface area (Å²) in [6.45, 7) is 5.97.